The zero-order chi connectivity index (χ0) is 38.2. The summed E-state index contributed by atoms with van der Waals surface area (Å²) >= 11 is 6.13. The summed E-state index contributed by atoms with van der Waals surface area (Å²) in [5, 5.41) is 19.2. The molecule has 0 saturated heterocycles. The monoisotopic (exact) mass is 753 g/mol. The fraction of sp³-hybridized carbons (Fsp3) is 0.289. The normalized spacial score (nSPS) is 19.2. The third-order valence-electron chi connectivity index (χ3n) is 10.4. The maximum atomic E-state index is 14.4. The van der Waals surface area contributed by atoms with Crippen LogP contribution in [0, 0.1) is 11.3 Å². The van der Waals surface area contributed by atoms with E-state index in [1.54, 1.807) is 48.3 Å². The number of nitrogens with zero attached hydrogens (tertiary/aromatic N) is 7. The number of hydrogen-bond acceptors (Lipinski definition) is 7. The van der Waals surface area contributed by atoms with Crippen molar-refractivity contribution >= 4 is 41.0 Å². The van der Waals surface area contributed by atoms with Gasteiger partial charge in [0.25, 0.3) is 11.8 Å². The van der Waals surface area contributed by atoms with Crippen LogP contribution < -0.4 is 15.5 Å². The molecule has 0 radical (unpaired) electrons. The van der Waals surface area contributed by atoms with Crippen LogP contribution in [0.2, 0.25) is 5.02 Å². The summed E-state index contributed by atoms with van der Waals surface area (Å²) in [7, 11) is 1.83. The quantitative estimate of drug-likeness (QED) is 0.190. The summed E-state index contributed by atoms with van der Waals surface area (Å²) in [5.74, 6) is -1.81. The molecule has 0 unspecified atom stereocenters. The van der Waals surface area contributed by atoms with E-state index in [-0.39, 0.29) is 34.7 Å². The van der Waals surface area contributed by atoms with E-state index in [0.717, 1.165) is 28.2 Å². The van der Waals surface area contributed by atoms with Gasteiger partial charge in [0, 0.05) is 42.0 Å². The number of carbonyl (C=O) groups excluding carboxylic acids is 3. The zero-order valence-corrected chi connectivity index (χ0v) is 29.7. The molecule has 12 nitrogen and oxygen atoms in total. The minimum absolute atomic E-state index is 0.00883. The summed E-state index contributed by atoms with van der Waals surface area (Å²) in [6.45, 7) is 1.56. The minimum atomic E-state index is -4.76. The number of aryl methyl sites for hydroxylation is 1. The molecule has 5 aromatic rings. The van der Waals surface area contributed by atoms with E-state index in [1.165, 1.54) is 16.8 Å². The van der Waals surface area contributed by atoms with Crippen molar-refractivity contribution < 1.29 is 27.6 Å². The fourth-order valence-electron chi connectivity index (χ4n) is 7.06. The van der Waals surface area contributed by atoms with Gasteiger partial charge in [-0.05, 0) is 74.6 Å². The van der Waals surface area contributed by atoms with Gasteiger partial charge in [-0.3, -0.25) is 28.6 Å². The average Bonchev–Trinajstić information content (AvgIpc) is 3.98. The molecule has 1 atom stereocenters. The second-order valence-corrected chi connectivity index (χ2v) is 14.7. The molecule has 3 amide bonds. The Kier molecular flexibility index (Phi) is 7.96. The number of hydrogen-bond donors (Lipinski definition) is 2. The molecule has 2 fully saturated rings. The van der Waals surface area contributed by atoms with E-state index >= 15 is 0 Å². The highest BCUT2D eigenvalue weighted by atomic mass is 35.5. The molecule has 3 aromatic heterocycles. The van der Waals surface area contributed by atoms with Gasteiger partial charge < -0.3 is 10.6 Å². The first-order valence-electron chi connectivity index (χ1n) is 17.1. The number of carbonyl (C=O) groups is 3. The first-order chi connectivity index (χ1) is 25.6. The Morgan fingerprint density at radius 1 is 0.963 bits per heavy atom. The van der Waals surface area contributed by atoms with Crippen LogP contribution >= 0.6 is 11.6 Å². The molecular formula is C38H31ClF3N9O3. The van der Waals surface area contributed by atoms with E-state index in [4.69, 9.17) is 11.6 Å². The maximum absolute atomic E-state index is 14.4. The Balaban J connectivity index is 1.09. The van der Waals surface area contributed by atoms with E-state index < -0.39 is 40.2 Å². The minimum Gasteiger partial charge on any atom is -0.343 e. The Morgan fingerprint density at radius 2 is 1.70 bits per heavy atom. The van der Waals surface area contributed by atoms with Crippen LogP contribution in [0.25, 0.3) is 11.1 Å². The van der Waals surface area contributed by atoms with Crippen LogP contribution in [-0.2, 0) is 40.3 Å². The number of pyridine rings is 1. The van der Waals surface area contributed by atoms with Crippen molar-refractivity contribution in [1.29, 1.82) is 5.26 Å². The predicted octanol–water partition coefficient (Wildman–Crippen LogP) is 5.93. The SMILES string of the molecule is Cn1cc(-c2ccc(C3(NC(=O)C4(NC(=O)c5cnc6n5[C@](C)(Cc5ccc(C#N)cc5)C(=O)N6c5cc(Cl)cc(C(F)(F)F)c5)CC4)CC3)nc2)cn1. The third kappa shape index (κ3) is 5.96. The first kappa shape index (κ1) is 35.0. The topological polar surface area (TPSA) is 151 Å². The van der Waals surface area contributed by atoms with E-state index in [1.807, 2.05) is 31.4 Å². The van der Waals surface area contributed by atoms with Crippen molar-refractivity contribution in [2.24, 2.45) is 7.05 Å². The van der Waals surface area contributed by atoms with Crippen molar-refractivity contribution in [3.8, 4) is 17.2 Å². The van der Waals surface area contributed by atoms with Gasteiger partial charge in [-0.1, -0.05) is 29.8 Å². The number of nitrogens with one attached hydrogen (secondary N) is 2. The van der Waals surface area contributed by atoms with Gasteiger partial charge in [0.05, 0.1) is 46.5 Å². The number of nitriles is 1. The van der Waals surface area contributed by atoms with Crippen molar-refractivity contribution in [3.63, 3.8) is 0 Å². The van der Waals surface area contributed by atoms with Gasteiger partial charge in [0.1, 0.15) is 16.8 Å². The lowest BCUT2D eigenvalue weighted by molar-refractivity contribution is -0.137. The molecule has 2 aromatic carbocycles. The second-order valence-electron chi connectivity index (χ2n) is 14.3. The van der Waals surface area contributed by atoms with Gasteiger partial charge in [-0.2, -0.15) is 23.5 Å². The standard InChI is InChI=1S/C38H31ClF3N9O3/c1-35(16-22-3-5-23(17-43)6-4-22)33(54)50(28-14-26(38(40,41)42)13-27(39)15-28)34-45-20-29(51(34)35)31(52)47-37(11-12-37)32(53)48-36(9-10-36)30-8-7-24(18-44-30)25-19-46-49(2)21-25/h3-8,13-15,18-21H,9-12,16H2,1-2H3,(H,47,52)(H,48,53)/t35-/m1/s1. The third-order valence-corrected chi connectivity index (χ3v) is 10.6. The molecule has 1 aliphatic heterocycles. The Labute approximate surface area is 311 Å². The van der Waals surface area contributed by atoms with Crippen LogP contribution in [0.4, 0.5) is 24.8 Å². The van der Waals surface area contributed by atoms with Crippen molar-refractivity contribution in [2.45, 2.75) is 61.8 Å². The predicted molar refractivity (Wildman–Crippen MR) is 189 cm³/mol. The van der Waals surface area contributed by atoms with Crippen LogP contribution in [0.5, 0.6) is 0 Å². The summed E-state index contributed by atoms with van der Waals surface area (Å²) in [4.78, 5) is 52.5. The van der Waals surface area contributed by atoms with Crippen LogP contribution in [0.3, 0.4) is 0 Å². The molecule has 8 rings (SSSR count). The van der Waals surface area contributed by atoms with Crippen molar-refractivity contribution in [3.05, 3.63) is 112 Å². The molecular weight excluding hydrogens is 723 g/mol. The highest BCUT2D eigenvalue weighted by Gasteiger charge is 2.57. The van der Waals surface area contributed by atoms with Crippen LogP contribution in [-0.4, -0.2) is 47.6 Å². The van der Waals surface area contributed by atoms with Gasteiger partial charge in [0.15, 0.2) is 0 Å². The highest BCUT2D eigenvalue weighted by Crippen LogP contribution is 2.48. The maximum Gasteiger partial charge on any atom is 0.416 e. The molecule has 2 aliphatic carbocycles. The van der Waals surface area contributed by atoms with Gasteiger partial charge in [-0.15, -0.1) is 0 Å². The second kappa shape index (κ2) is 12.3. The van der Waals surface area contributed by atoms with E-state index in [2.05, 4.69) is 25.7 Å². The molecule has 54 heavy (non-hydrogen) atoms. The van der Waals surface area contributed by atoms with Crippen molar-refractivity contribution in [1.82, 2.24) is 34.9 Å². The summed E-state index contributed by atoms with van der Waals surface area (Å²) in [5.41, 5.74) is -1.29. The smallest absolute Gasteiger partial charge is 0.343 e. The summed E-state index contributed by atoms with van der Waals surface area (Å²) in [6, 6.07) is 15.1. The Morgan fingerprint density at radius 3 is 2.30 bits per heavy atom. The van der Waals surface area contributed by atoms with Crippen LogP contribution in [0.15, 0.2) is 79.4 Å². The number of imidazole rings is 1. The van der Waals surface area contributed by atoms with Gasteiger partial charge in [0.2, 0.25) is 11.9 Å². The first-order valence-corrected chi connectivity index (χ1v) is 17.4. The number of rotatable bonds is 9. The molecule has 274 valence electrons. The number of aromatic nitrogens is 5. The summed E-state index contributed by atoms with van der Waals surface area (Å²) < 4.78 is 44.7. The number of amides is 3. The molecule has 2 saturated carbocycles. The number of alkyl halides is 3. The number of fused-ring (bicyclic) bond motifs is 1. The number of benzene rings is 2. The fourth-order valence-corrected chi connectivity index (χ4v) is 7.29. The van der Waals surface area contributed by atoms with Crippen LogP contribution in [0.1, 0.15) is 65.5 Å². The summed E-state index contributed by atoms with van der Waals surface area (Å²) in [6.07, 6.45) is 3.90. The number of anilines is 2. The molecule has 0 bridgehead atoms. The molecule has 16 heteroatoms. The molecule has 0 spiro atoms. The average molecular weight is 754 g/mol. The Hall–Kier alpha value is -6.01. The van der Waals surface area contributed by atoms with Crippen molar-refractivity contribution in [2.75, 3.05) is 4.90 Å². The molecule has 4 heterocycles. The van der Waals surface area contributed by atoms with Gasteiger partial charge in [-0.25, -0.2) is 9.88 Å². The largest absolute Gasteiger partial charge is 0.416 e. The lowest BCUT2D eigenvalue weighted by atomic mass is 9.91. The molecule has 2 N–H and O–H groups in total. The number of halogens is 4. The van der Waals surface area contributed by atoms with E-state index in [9.17, 15) is 32.8 Å². The zero-order valence-electron chi connectivity index (χ0n) is 28.9. The van der Waals surface area contributed by atoms with Gasteiger partial charge >= 0.3 is 6.18 Å². The Bertz CT molecular complexity index is 2390. The lowest BCUT2D eigenvalue weighted by Crippen LogP contribution is -2.52. The molecule has 3 aliphatic rings. The van der Waals surface area contributed by atoms with E-state index in [0.29, 0.717) is 42.5 Å². The highest BCUT2D eigenvalue weighted by molar-refractivity contribution is 6.31. The lowest BCUT2D eigenvalue weighted by Gasteiger charge is -2.27.